The van der Waals surface area contributed by atoms with Crippen molar-refractivity contribution < 1.29 is 13.9 Å². The van der Waals surface area contributed by atoms with Crippen LogP contribution in [0, 0.1) is 5.82 Å². The zero-order valence-corrected chi connectivity index (χ0v) is 16.7. The van der Waals surface area contributed by atoms with Gasteiger partial charge >= 0.3 is 6.09 Å². The topological polar surface area (TPSA) is 71.8 Å². The molecule has 7 nitrogen and oxygen atoms in total. The molecule has 152 valence electrons. The van der Waals surface area contributed by atoms with E-state index in [1.807, 2.05) is 32.9 Å². The number of amides is 1. The first-order chi connectivity index (χ1) is 13.8. The molecule has 1 aliphatic heterocycles. The van der Waals surface area contributed by atoms with E-state index in [-0.39, 0.29) is 17.6 Å². The van der Waals surface area contributed by atoms with Crippen LogP contribution in [0.3, 0.4) is 0 Å². The maximum atomic E-state index is 13.7. The number of nitrogens with one attached hydrogen (secondary N) is 1. The molecule has 0 unspecified atom stereocenters. The van der Waals surface area contributed by atoms with Gasteiger partial charge in [-0.2, -0.15) is 5.10 Å². The summed E-state index contributed by atoms with van der Waals surface area (Å²) in [6.45, 7) is 6.45. The van der Waals surface area contributed by atoms with Gasteiger partial charge in [0.2, 0.25) is 5.65 Å². The molecule has 3 aromatic rings. The van der Waals surface area contributed by atoms with Crippen molar-refractivity contribution >= 4 is 17.6 Å². The summed E-state index contributed by atoms with van der Waals surface area (Å²) in [5.74, 6) is 0.787. The number of aromatic nitrogens is 3. The lowest BCUT2D eigenvalue weighted by Gasteiger charge is -2.26. The smallest absolute Gasteiger partial charge is 0.405 e. The maximum absolute atomic E-state index is 13.7. The molecule has 1 aliphatic rings. The highest BCUT2D eigenvalue weighted by Gasteiger charge is 2.28. The summed E-state index contributed by atoms with van der Waals surface area (Å²) in [6, 6.07) is 8.62. The Hall–Kier alpha value is -3.16. The number of carbonyl (C=O) groups is 1. The maximum Gasteiger partial charge on any atom is 0.413 e. The molecule has 3 heterocycles. The molecule has 0 radical (unpaired) electrons. The number of nitrogens with zero attached hydrogens (tertiary/aromatic N) is 4. The van der Waals surface area contributed by atoms with E-state index in [1.165, 1.54) is 12.3 Å². The van der Waals surface area contributed by atoms with Crippen molar-refractivity contribution in [2.75, 3.05) is 11.4 Å². The Morgan fingerprint density at radius 1 is 1.31 bits per heavy atom. The molecule has 0 saturated carbocycles. The molecule has 2 aromatic heterocycles. The molecule has 0 aliphatic carbocycles. The normalized spacial score (nSPS) is 17.0. The summed E-state index contributed by atoms with van der Waals surface area (Å²) in [4.78, 5) is 19.0. The minimum Gasteiger partial charge on any atom is -0.405 e. The van der Waals surface area contributed by atoms with Crippen molar-refractivity contribution in [1.29, 1.82) is 0 Å². The number of carbonyl (C=O) groups excluding carboxylic acids is 1. The number of halogens is 1. The van der Waals surface area contributed by atoms with Crippen LogP contribution in [0.25, 0.3) is 5.65 Å². The summed E-state index contributed by atoms with van der Waals surface area (Å²) < 4.78 is 20.7. The van der Waals surface area contributed by atoms with Crippen LogP contribution in [0.2, 0.25) is 0 Å². The molecule has 0 bridgehead atoms. The van der Waals surface area contributed by atoms with Gasteiger partial charge in [-0.25, -0.2) is 18.7 Å². The van der Waals surface area contributed by atoms with E-state index in [9.17, 15) is 9.18 Å². The number of rotatable bonds is 3. The van der Waals surface area contributed by atoms with Gasteiger partial charge in [-0.3, -0.25) is 0 Å². The van der Waals surface area contributed by atoms with Gasteiger partial charge < -0.3 is 15.0 Å². The van der Waals surface area contributed by atoms with Crippen LogP contribution in [0.15, 0.2) is 42.7 Å². The van der Waals surface area contributed by atoms with Crippen LogP contribution in [-0.4, -0.2) is 32.8 Å². The highest BCUT2D eigenvalue weighted by molar-refractivity contribution is 5.74. The fraction of sp³-hybridized carbons (Fsp3) is 0.381. The average molecular weight is 397 g/mol. The molecule has 0 spiro atoms. The van der Waals surface area contributed by atoms with Crippen LogP contribution < -0.4 is 15.0 Å². The number of hydrogen-bond acceptors (Lipinski definition) is 5. The van der Waals surface area contributed by atoms with Gasteiger partial charge in [-0.05, 0) is 57.4 Å². The predicted molar refractivity (Wildman–Crippen MR) is 108 cm³/mol. The SMILES string of the molecule is CC(C)(C)NC(=O)Oc1cnn2ccc(N3CCC[C@@H]3c3cccc(F)c3)nc12. The lowest BCUT2D eigenvalue weighted by atomic mass is 10.0. The second-order valence-corrected chi connectivity index (χ2v) is 8.23. The molecule has 1 saturated heterocycles. The van der Waals surface area contributed by atoms with E-state index < -0.39 is 11.6 Å². The van der Waals surface area contributed by atoms with E-state index >= 15 is 0 Å². The summed E-state index contributed by atoms with van der Waals surface area (Å²) in [6.07, 6.45) is 4.62. The molecule has 1 aromatic carbocycles. The Morgan fingerprint density at radius 2 is 2.14 bits per heavy atom. The lowest BCUT2D eigenvalue weighted by molar-refractivity contribution is 0.191. The minimum absolute atomic E-state index is 0.0529. The van der Waals surface area contributed by atoms with Crippen molar-refractivity contribution in [2.45, 2.75) is 45.2 Å². The lowest BCUT2D eigenvalue weighted by Crippen LogP contribution is -2.42. The van der Waals surface area contributed by atoms with Gasteiger partial charge in [0, 0.05) is 18.3 Å². The molecular formula is C21H24FN5O2. The zero-order chi connectivity index (χ0) is 20.6. The fourth-order valence-corrected chi connectivity index (χ4v) is 3.60. The minimum atomic E-state index is -0.557. The van der Waals surface area contributed by atoms with Crippen LogP contribution in [0.1, 0.15) is 45.2 Å². The second kappa shape index (κ2) is 7.35. The Morgan fingerprint density at radius 3 is 2.90 bits per heavy atom. The largest absolute Gasteiger partial charge is 0.413 e. The molecule has 1 amide bonds. The van der Waals surface area contributed by atoms with E-state index in [0.29, 0.717) is 5.65 Å². The van der Waals surface area contributed by atoms with E-state index in [2.05, 4.69) is 15.3 Å². The molecule has 4 rings (SSSR count). The van der Waals surface area contributed by atoms with Gasteiger partial charge in [0.25, 0.3) is 0 Å². The molecule has 1 atom stereocenters. The monoisotopic (exact) mass is 397 g/mol. The van der Waals surface area contributed by atoms with Crippen LogP contribution in [-0.2, 0) is 0 Å². The van der Waals surface area contributed by atoms with Crippen molar-refractivity contribution in [1.82, 2.24) is 19.9 Å². The third-order valence-corrected chi connectivity index (χ3v) is 4.78. The van der Waals surface area contributed by atoms with Crippen molar-refractivity contribution in [3.63, 3.8) is 0 Å². The van der Waals surface area contributed by atoms with E-state index in [1.54, 1.807) is 22.8 Å². The summed E-state index contributed by atoms with van der Waals surface area (Å²) in [5.41, 5.74) is 0.974. The Kier molecular flexibility index (Phi) is 4.86. The molecule has 1 N–H and O–H groups in total. The Bertz CT molecular complexity index is 1040. The standard InChI is InChI=1S/C21H24FN5O2/c1-21(2,3)25-20(28)29-17-13-23-27-11-9-18(24-19(17)27)26-10-5-8-16(26)14-6-4-7-15(22)12-14/h4,6-7,9,11-13,16H,5,8,10H2,1-3H3,(H,25,28)/t16-/m1/s1. The average Bonchev–Trinajstić information content (AvgIpc) is 3.27. The van der Waals surface area contributed by atoms with E-state index in [4.69, 9.17) is 9.72 Å². The highest BCUT2D eigenvalue weighted by Crippen LogP contribution is 2.36. The predicted octanol–water partition coefficient (Wildman–Crippen LogP) is 4.10. The number of hydrogen-bond donors (Lipinski definition) is 1. The van der Waals surface area contributed by atoms with Gasteiger partial charge in [0.1, 0.15) is 11.6 Å². The summed E-state index contributed by atoms with van der Waals surface area (Å²) >= 11 is 0. The third kappa shape index (κ3) is 4.16. The van der Waals surface area contributed by atoms with E-state index in [0.717, 1.165) is 30.8 Å². The van der Waals surface area contributed by atoms with Crippen LogP contribution in [0.5, 0.6) is 5.75 Å². The van der Waals surface area contributed by atoms with Crippen molar-refractivity contribution in [3.8, 4) is 5.75 Å². The molecular weight excluding hydrogens is 373 g/mol. The molecule has 1 fully saturated rings. The van der Waals surface area contributed by atoms with Crippen LogP contribution in [0.4, 0.5) is 15.0 Å². The molecule has 8 heteroatoms. The quantitative estimate of drug-likeness (QED) is 0.721. The van der Waals surface area contributed by atoms with Crippen molar-refractivity contribution in [2.24, 2.45) is 0 Å². The van der Waals surface area contributed by atoms with Gasteiger partial charge in [0.05, 0.1) is 12.2 Å². The van der Waals surface area contributed by atoms with Gasteiger partial charge in [-0.1, -0.05) is 12.1 Å². The third-order valence-electron chi connectivity index (χ3n) is 4.78. The highest BCUT2D eigenvalue weighted by atomic mass is 19.1. The Balaban J connectivity index is 1.62. The number of fused-ring (bicyclic) bond motifs is 1. The van der Waals surface area contributed by atoms with Gasteiger partial charge in [0.15, 0.2) is 5.75 Å². The van der Waals surface area contributed by atoms with Crippen LogP contribution >= 0.6 is 0 Å². The fourth-order valence-electron chi connectivity index (χ4n) is 3.60. The first kappa shape index (κ1) is 19.2. The number of benzene rings is 1. The first-order valence-electron chi connectivity index (χ1n) is 9.67. The Labute approximate surface area is 168 Å². The second-order valence-electron chi connectivity index (χ2n) is 8.23. The number of ether oxygens (including phenoxy) is 1. The van der Waals surface area contributed by atoms with Gasteiger partial charge in [-0.15, -0.1) is 0 Å². The summed E-state index contributed by atoms with van der Waals surface area (Å²) in [7, 11) is 0. The summed E-state index contributed by atoms with van der Waals surface area (Å²) in [5, 5.41) is 6.96. The van der Waals surface area contributed by atoms with Crippen molar-refractivity contribution in [3.05, 3.63) is 54.1 Å². The number of anilines is 1. The first-order valence-corrected chi connectivity index (χ1v) is 9.67. The zero-order valence-electron chi connectivity index (χ0n) is 16.7. The molecule has 29 heavy (non-hydrogen) atoms.